The molecule has 8 heteroatoms. The van der Waals surface area contributed by atoms with E-state index in [1.165, 1.54) is 0 Å². The lowest BCUT2D eigenvalue weighted by molar-refractivity contribution is -0.238. The quantitative estimate of drug-likeness (QED) is 0.235. The van der Waals surface area contributed by atoms with Gasteiger partial charge in [0.25, 0.3) is 0 Å². The van der Waals surface area contributed by atoms with E-state index < -0.39 is 41.5 Å². The van der Waals surface area contributed by atoms with Crippen LogP contribution in [-0.4, -0.2) is 65.0 Å². The van der Waals surface area contributed by atoms with Crippen molar-refractivity contribution in [3.8, 4) is 0 Å². The van der Waals surface area contributed by atoms with Gasteiger partial charge in [-0.1, -0.05) is 0 Å². The fraction of sp³-hybridized carbons (Fsp3) is 1.00. The van der Waals surface area contributed by atoms with E-state index in [-0.39, 0.29) is 0 Å². The van der Waals surface area contributed by atoms with E-state index in [9.17, 15) is 30.1 Å². The summed E-state index contributed by atoms with van der Waals surface area (Å²) < 4.78 is 11.7. The van der Waals surface area contributed by atoms with Crippen molar-refractivity contribution in [1.29, 1.82) is 0 Å². The van der Waals surface area contributed by atoms with Crippen LogP contribution in [0.4, 0.5) is 0 Å². The first-order valence-electron chi connectivity index (χ1n) is 4.04. The summed E-state index contributed by atoms with van der Waals surface area (Å²) in [6, 6.07) is 0. The summed E-state index contributed by atoms with van der Waals surface area (Å²) in [7, 11) is -3.82. The summed E-state index contributed by atoms with van der Waals surface area (Å²) >= 11 is 0. The van der Waals surface area contributed by atoms with Crippen LogP contribution in [0, 0.1) is 0 Å². The zero-order valence-corrected chi connectivity index (χ0v) is 7.67. The molecule has 2 saturated heterocycles. The molecule has 2 aliphatic heterocycles. The van der Waals surface area contributed by atoms with Gasteiger partial charge in [-0.15, -0.1) is 0 Å². The van der Waals surface area contributed by atoms with Gasteiger partial charge in [0.05, 0.1) is 0 Å². The largest absolute Gasteiger partial charge is 0.387 e. The summed E-state index contributed by atoms with van der Waals surface area (Å²) in [6.45, 7) is 0. The molecular formula is C6H9O7P. The molecule has 3 rings (SSSR count). The molecule has 4 atom stereocenters. The van der Waals surface area contributed by atoms with Crippen molar-refractivity contribution in [3.63, 3.8) is 0 Å². The van der Waals surface area contributed by atoms with Gasteiger partial charge in [0, 0.05) is 0 Å². The molecule has 0 amide bonds. The Morgan fingerprint density at radius 1 is 0.929 bits per heavy atom. The average molecular weight is 224 g/mol. The Labute approximate surface area is 77.6 Å². The number of hydrogen-bond acceptors (Lipinski definition) is 7. The third-order valence-corrected chi connectivity index (χ3v) is 8.06. The second kappa shape index (κ2) is 1.72. The highest BCUT2D eigenvalue weighted by atomic mass is 31.2. The van der Waals surface area contributed by atoms with Gasteiger partial charge in [-0.3, -0.25) is 0 Å². The minimum atomic E-state index is -3.82. The second-order valence-corrected chi connectivity index (χ2v) is 7.34. The maximum atomic E-state index is 11.7. The van der Waals surface area contributed by atoms with Crippen molar-refractivity contribution >= 4 is 7.14 Å². The van der Waals surface area contributed by atoms with Crippen molar-refractivity contribution in [3.05, 3.63) is 0 Å². The fourth-order valence-corrected chi connectivity index (χ4v) is 7.25. The van der Waals surface area contributed by atoms with Crippen LogP contribution < -0.4 is 0 Å². The standard InChI is InChI=1S/C6H9O7P/c7-1-2(8)4(10)6(12)5(11,3(1)9)14(4,6)13/h1-3,7-12H/t1?,2-,3-,4-,5-,6?,14?/m1/s1. The molecule has 3 aliphatic rings. The molecule has 0 radical (unpaired) electrons. The molecule has 80 valence electrons. The molecule has 1 saturated carbocycles. The van der Waals surface area contributed by atoms with Crippen LogP contribution in [0.3, 0.4) is 0 Å². The molecule has 0 aromatic carbocycles. The monoisotopic (exact) mass is 224 g/mol. The minimum Gasteiger partial charge on any atom is -0.387 e. The SMILES string of the molecule is O=P12C3(O)[C@@]1(O)[C@H](O)C(O)[C@@H](O)[C@]32O. The van der Waals surface area contributed by atoms with E-state index in [1.54, 1.807) is 0 Å². The Morgan fingerprint density at radius 2 is 1.21 bits per heavy atom. The Hall–Kier alpha value is -0.0100. The average Bonchev–Trinajstić information content (AvgIpc) is 2.77. The normalized spacial score (nSPS) is 79.4. The molecular weight excluding hydrogens is 215 g/mol. The van der Waals surface area contributed by atoms with Crippen molar-refractivity contribution in [2.75, 3.05) is 0 Å². The first-order valence-corrected chi connectivity index (χ1v) is 5.75. The Bertz CT molecular complexity index is 349. The topological polar surface area (TPSA) is 138 Å². The van der Waals surface area contributed by atoms with Gasteiger partial charge < -0.3 is 35.2 Å². The second-order valence-electron chi connectivity index (χ2n) is 4.11. The smallest absolute Gasteiger partial charge is 0.200 e. The van der Waals surface area contributed by atoms with Gasteiger partial charge in [0.2, 0.25) is 5.34 Å². The summed E-state index contributed by atoms with van der Waals surface area (Å²) in [6.07, 6.45) is -5.61. The van der Waals surface area contributed by atoms with Crippen LogP contribution in [0.5, 0.6) is 0 Å². The first kappa shape index (κ1) is 9.23. The molecule has 6 N–H and O–H groups in total. The predicted molar refractivity (Wildman–Crippen MR) is 40.5 cm³/mol. The predicted octanol–water partition coefficient (Wildman–Crippen LogP) is -3.46. The number of hydrogen-bond donors (Lipinski definition) is 6. The van der Waals surface area contributed by atoms with Crippen LogP contribution in [0.25, 0.3) is 0 Å². The molecule has 2 heterocycles. The maximum Gasteiger partial charge on any atom is 0.200 e. The van der Waals surface area contributed by atoms with Crippen molar-refractivity contribution in [2.45, 2.75) is 34.3 Å². The van der Waals surface area contributed by atoms with Gasteiger partial charge in [-0.2, -0.15) is 0 Å². The van der Waals surface area contributed by atoms with Gasteiger partial charge >= 0.3 is 0 Å². The van der Waals surface area contributed by atoms with Gasteiger partial charge in [0.1, 0.15) is 18.3 Å². The number of fused-ring (bicyclic) bond motifs is 2. The highest BCUT2D eigenvalue weighted by Crippen LogP contribution is 3.14. The van der Waals surface area contributed by atoms with Crippen molar-refractivity contribution in [2.24, 2.45) is 0 Å². The third kappa shape index (κ3) is 0.389. The summed E-state index contributed by atoms with van der Waals surface area (Å²) in [5, 5.41) is 49.3. The van der Waals surface area contributed by atoms with E-state index in [0.717, 1.165) is 0 Å². The minimum absolute atomic E-state index is 1.81. The number of aliphatic hydroxyl groups is 6. The molecule has 14 heavy (non-hydrogen) atoms. The number of rotatable bonds is 0. The van der Waals surface area contributed by atoms with Crippen molar-refractivity contribution < 1.29 is 35.2 Å². The zero-order chi connectivity index (χ0) is 10.7. The molecule has 0 unspecified atom stereocenters. The lowest BCUT2D eigenvalue weighted by atomic mass is 9.84. The Morgan fingerprint density at radius 3 is 1.50 bits per heavy atom. The van der Waals surface area contributed by atoms with E-state index in [2.05, 4.69) is 0 Å². The molecule has 0 bridgehead atoms. The van der Waals surface area contributed by atoms with Crippen LogP contribution in [0.2, 0.25) is 0 Å². The van der Waals surface area contributed by atoms with E-state index in [1.807, 2.05) is 0 Å². The van der Waals surface area contributed by atoms with Crippen LogP contribution >= 0.6 is 7.14 Å². The Kier molecular flexibility index (Phi) is 1.13. The molecule has 0 spiro atoms. The summed E-state index contributed by atoms with van der Waals surface area (Å²) in [5.41, 5.74) is 0. The molecule has 3 fully saturated rings. The lowest BCUT2D eigenvalue weighted by Gasteiger charge is -2.43. The van der Waals surface area contributed by atoms with E-state index in [0.29, 0.717) is 0 Å². The third-order valence-electron chi connectivity index (χ3n) is 3.81. The maximum absolute atomic E-state index is 11.7. The van der Waals surface area contributed by atoms with Gasteiger partial charge in [0.15, 0.2) is 17.8 Å². The molecule has 0 aromatic rings. The summed E-state index contributed by atoms with van der Waals surface area (Å²) in [4.78, 5) is 0. The van der Waals surface area contributed by atoms with Gasteiger partial charge in [-0.25, -0.2) is 0 Å². The van der Waals surface area contributed by atoms with Crippen LogP contribution in [0.1, 0.15) is 0 Å². The highest BCUT2D eigenvalue weighted by Gasteiger charge is 3.20. The molecule has 0 aromatic heterocycles. The van der Waals surface area contributed by atoms with E-state index >= 15 is 0 Å². The molecule has 1 aliphatic carbocycles. The van der Waals surface area contributed by atoms with Gasteiger partial charge in [-0.05, 0) is 0 Å². The van der Waals surface area contributed by atoms with E-state index in [4.69, 9.17) is 5.11 Å². The Balaban J connectivity index is 2.18. The summed E-state index contributed by atoms with van der Waals surface area (Å²) in [5.74, 6) is 0. The fourth-order valence-electron chi connectivity index (χ4n) is 2.84. The zero-order valence-electron chi connectivity index (χ0n) is 6.77. The number of aliphatic hydroxyl groups excluding tert-OH is 3. The highest BCUT2D eigenvalue weighted by molar-refractivity contribution is 7.85. The van der Waals surface area contributed by atoms with Crippen molar-refractivity contribution in [1.82, 2.24) is 0 Å². The van der Waals surface area contributed by atoms with Crippen LogP contribution in [-0.2, 0) is 4.57 Å². The molecule has 7 nitrogen and oxygen atoms in total. The first-order chi connectivity index (χ1) is 6.23. The van der Waals surface area contributed by atoms with Crippen LogP contribution in [0.15, 0.2) is 0 Å². The lowest BCUT2D eigenvalue weighted by Crippen LogP contribution is -2.69.